The maximum absolute atomic E-state index is 3.35. The monoisotopic (exact) mass is 248 g/mol. The first-order valence-corrected chi connectivity index (χ1v) is 7.03. The zero-order valence-corrected chi connectivity index (χ0v) is 12.5. The molecular weight excluding hydrogens is 220 g/mol. The maximum atomic E-state index is 3.35. The van der Waals surface area contributed by atoms with E-state index >= 15 is 0 Å². The van der Waals surface area contributed by atoms with Gasteiger partial charge in [0.05, 0.1) is 0 Å². The minimum Gasteiger partial charge on any atom is -0.313 e. The molecule has 1 aromatic rings. The average Bonchev–Trinajstić information content (AvgIpc) is 2.36. The molecule has 0 fully saturated rings. The molecule has 1 aromatic carbocycles. The van der Waals surface area contributed by atoms with Crippen molar-refractivity contribution in [3.05, 3.63) is 35.4 Å². The molecule has 0 amide bonds. The normalized spacial score (nSPS) is 13.3. The zero-order chi connectivity index (χ0) is 13.5. The van der Waals surface area contributed by atoms with Gasteiger partial charge in [-0.1, -0.05) is 45.0 Å². The molecule has 102 valence electrons. The van der Waals surface area contributed by atoms with Gasteiger partial charge in [-0.25, -0.2) is 0 Å². The van der Waals surface area contributed by atoms with E-state index in [4.69, 9.17) is 0 Å². The molecule has 0 spiro atoms. The Labute approximate surface area is 112 Å². The Kier molecular flexibility index (Phi) is 6.37. The molecule has 0 aromatic heterocycles. The molecule has 0 aliphatic heterocycles. The summed E-state index contributed by atoms with van der Waals surface area (Å²) in [6, 6.07) is 9.57. The van der Waals surface area contributed by atoms with Crippen LogP contribution in [0.25, 0.3) is 0 Å². The van der Waals surface area contributed by atoms with Gasteiger partial charge in [-0.2, -0.15) is 0 Å². The molecular formula is C16H28N2. The summed E-state index contributed by atoms with van der Waals surface area (Å²) in [6.07, 6.45) is 0. The minimum absolute atomic E-state index is 0.617. The lowest BCUT2D eigenvalue weighted by atomic mass is 10.0. The van der Waals surface area contributed by atoms with Crippen LogP contribution < -0.4 is 5.32 Å². The number of hydrogen-bond donors (Lipinski definition) is 1. The first-order valence-electron chi connectivity index (χ1n) is 7.03. The molecule has 0 aliphatic rings. The highest BCUT2D eigenvalue weighted by molar-refractivity contribution is 5.22. The summed E-state index contributed by atoms with van der Waals surface area (Å²) < 4.78 is 0. The van der Waals surface area contributed by atoms with Crippen molar-refractivity contribution < 1.29 is 0 Å². The van der Waals surface area contributed by atoms with Crippen molar-refractivity contribution in [1.82, 2.24) is 10.2 Å². The van der Waals surface area contributed by atoms with Gasteiger partial charge in [-0.05, 0) is 37.6 Å². The van der Waals surface area contributed by atoms with Crippen LogP contribution in [0, 0.1) is 5.92 Å². The molecule has 0 saturated carbocycles. The summed E-state index contributed by atoms with van der Waals surface area (Å²) in [5.41, 5.74) is 2.76. The minimum atomic E-state index is 0.617. The van der Waals surface area contributed by atoms with Crippen LogP contribution in [-0.4, -0.2) is 24.5 Å². The van der Waals surface area contributed by atoms with E-state index in [1.165, 1.54) is 11.1 Å². The summed E-state index contributed by atoms with van der Waals surface area (Å²) in [7, 11) is 2.21. The van der Waals surface area contributed by atoms with E-state index in [-0.39, 0.29) is 0 Å². The highest BCUT2D eigenvalue weighted by Crippen LogP contribution is 2.13. The van der Waals surface area contributed by atoms with Gasteiger partial charge in [-0.3, -0.25) is 4.90 Å². The molecule has 2 nitrogen and oxygen atoms in total. The third-order valence-corrected chi connectivity index (χ3v) is 3.69. The molecule has 18 heavy (non-hydrogen) atoms. The van der Waals surface area contributed by atoms with E-state index in [2.05, 4.69) is 69.2 Å². The first-order chi connectivity index (χ1) is 8.54. The Morgan fingerprint density at radius 1 is 1.06 bits per heavy atom. The van der Waals surface area contributed by atoms with Gasteiger partial charge in [0.15, 0.2) is 0 Å². The zero-order valence-electron chi connectivity index (χ0n) is 12.5. The number of hydrogen-bond acceptors (Lipinski definition) is 2. The number of nitrogens with one attached hydrogen (secondary N) is 1. The van der Waals surface area contributed by atoms with Crippen molar-refractivity contribution in [1.29, 1.82) is 0 Å². The van der Waals surface area contributed by atoms with Gasteiger partial charge in [0, 0.05) is 19.1 Å². The Balaban J connectivity index is 2.52. The molecule has 0 bridgehead atoms. The lowest BCUT2D eigenvalue weighted by molar-refractivity contribution is 0.200. The fraction of sp³-hybridized carbons (Fsp3) is 0.625. The maximum Gasteiger partial charge on any atom is 0.0233 e. The molecule has 1 rings (SSSR count). The van der Waals surface area contributed by atoms with Crippen LogP contribution in [0.5, 0.6) is 0 Å². The van der Waals surface area contributed by atoms with E-state index < -0.39 is 0 Å². The van der Waals surface area contributed by atoms with Crippen LogP contribution in [0.2, 0.25) is 0 Å². The van der Waals surface area contributed by atoms with E-state index in [0.29, 0.717) is 12.0 Å². The van der Waals surface area contributed by atoms with E-state index in [9.17, 15) is 0 Å². The molecule has 0 saturated heterocycles. The fourth-order valence-electron chi connectivity index (χ4n) is 1.97. The molecule has 0 heterocycles. The highest BCUT2D eigenvalue weighted by atomic mass is 15.1. The van der Waals surface area contributed by atoms with Crippen molar-refractivity contribution in [2.75, 3.05) is 13.6 Å². The number of rotatable bonds is 7. The predicted octanol–water partition coefficient (Wildman–Crippen LogP) is 3.27. The molecule has 1 unspecified atom stereocenters. The molecule has 2 heteroatoms. The van der Waals surface area contributed by atoms with Crippen LogP contribution >= 0.6 is 0 Å². The van der Waals surface area contributed by atoms with Crippen molar-refractivity contribution in [3.8, 4) is 0 Å². The second-order valence-electron chi connectivity index (χ2n) is 5.50. The van der Waals surface area contributed by atoms with Crippen LogP contribution in [0.3, 0.4) is 0 Å². The summed E-state index contributed by atoms with van der Waals surface area (Å²) >= 11 is 0. The summed E-state index contributed by atoms with van der Waals surface area (Å²) in [5, 5.41) is 3.35. The topological polar surface area (TPSA) is 15.3 Å². The van der Waals surface area contributed by atoms with Crippen LogP contribution in [0.15, 0.2) is 24.3 Å². The Morgan fingerprint density at radius 3 is 2.11 bits per heavy atom. The van der Waals surface area contributed by atoms with Gasteiger partial charge in [0.2, 0.25) is 0 Å². The predicted molar refractivity (Wildman–Crippen MR) is 79.6 cm³/mol. The van der Waals surface area contributed by atoms with Crippen LogP contribution in [0.4, 0.5) is 0 Å². The second-order valence-corrected chi connectivity index (χ2v) is 5.50. The number of nitrogens with zero attached hydrogens (tertiary/aromatic N) is 1. The van der Waals surface area contributed by atoms with E-state index in [1.54, 1.807) is 0 Å². The first kappa shape index (κ1) is 15.2. The van der Waals surface area contributed by atoms with Crippen molar-refractivity contribution in [2.45, 2.75) is 46.8 Å². The van der Waals surface area contributed by atoms with Crippen molar-refractivity contribution in [3.63, 3.8) is 0 Å². The summed E-state index contributed by atoms with van der Waals surface area (Å²) in [5.74, 6) is 0.697. The molecule has 0 aliphatic carbocycles. The van der Waals surface area contributed by atoms with Gasteiger partial charge < -0.3 is 5.32 Å². The van der Waals surface area contributed by atoms with Gasteiger partial charge in [0.1, 0.15) is 0 Å². The largest absolute Gasteiger partial charge is 0.313 e. The molecule has 1 N–H and O–H groups in total. The number of benzene rings is 1. The lowest BCUT2D eigenvalue weighted by Gasteiger charge is -2.27. The summed E-state index contributed by atoms with van der Waals surface area (Å²) in [6.45, 7) is 12.0. The highest BCUT2D eigenvalue weighted by Gasteiger charge is 2.12. The fourth-order valence-corrected chi connectivity index (χ4v) is 1.97. The second kappa shape index (κ2) is 7.55. The average molecular weight is 248 g/mol. The molecule has 1 atom stereocenters. The van der Waals surface area contributed by atoms with Crippen molar-refractivity contribution >= 4 is 0 Å². The van der Waals surface area contributed by atoms with Gasteiger partial charge >= 0.3 is 0 Å². The molecule has 0 radical (unpaired) electrons. The third kappa shape index (κ3) is 4.79. The summed E-state index contributed by atoms with van der Waals surface area (Å²) in [4.78, 5) is 2.42. The van der Waals surface area contributed by atoms with E-state index in [0.717, 1.165) is 19.6 Å². The lowest BCUT2D eigenvalue weighted by Crippen LogP contribution is -2.32. The van der Waals surface area contributed by atoms with Crippen LogP contribution in [-0.2, 0) is 13.1 Å². The van der Waals surface area contributed by atoms with E-state index in [1.807, 2.05) is 0 Å². The standard InChI is InChI=1S/C16H28N2/c1-6-17-11-15-7-9-16(10-8-15)12-18(5)14(4)13(2)3/h7-10,13-14,17H,6,11-12H2,1-5H3. The SMILES string of the molecule is CCNCc1ccc(CN(C)C(C)C(C)C)cc1. The third-order valence-electron chi connectivity index (χ3n) is 3.69. The van der Waals surface area contributed by atoms with Crippen molar-refractivity contribution in [2.24, 2.45) is 5.92 Å². The Bertz CT molecular complexity index is 329. The Hall–Kier alpha value is -0.860. The van der Waals surface area contributed by atoms with Gasteiger partial charge in [-0.15, -0.1) is 0 Å². The van der Waals surface area contributed by atoms with Gasteiger partial charge in [0.25, 0.3) is 0 Å². The quantitative estimate of drug-likeness (QED) is 0.796. The smallest absolute Gasteiger partial charge is 0.0233 e. The van der Waals surface area contributed by atoms with Crippen LogP contribution in [0.1, 0.15) is 38.8 Å². The Morgan fingerprint density at radius 2 is 1.61 bits per heavy atom.